The molecule has 0 bridgehead atoms. The lowest BCUT2D eigenvalue weighted by Crippen LogP contribution is -2.12. The summed E-state index contributed by atoms with van der Waals surface area (Å²) >= 11 is 0. The largest absolute Gasteiger partial charge is 0.378 e. The molecule has 0 amide bonds. The third kappa shape index (κ3) is 6.13. The van der Waals surface area contributed by atoms with Crippen LogP contribution in [0.5, 0.6) is 0 Å². The van der Waals surface area contributed by atoms with E-state index in [0.717, 1.165) is 19.1 Å². The van der Waals surface area contributed by atoms with Gasteiger partial charge >= 0.3 is 0 Å². The zero-order valence-electron chi connectivity index (χ0n) is 13.4. The minimum Gasteiger partial charge on any atom is -0.378 e. The van der Waals surface area contributed by atoms with Crippen molar-refractivity contribution in [1.29, 1.82) is 0 Å². The summed E-state index contributed by atoms with van der Waals surface area (Å²) in [6.45, 7) is 4.23. The van der Waals surface area contributed by atoms with Gasteiger partial charge in [0.2, 0.25) is 0 Å². The van der Waals surface area contributed by atoms with Gasteiger partial charge in [0.1, 0.15) is 0 Å². The van der Waals surface area contributed by atoms with E-state index in [4.69, 9.17) is 9.47 Å². The first-order valence-corrected chi connectivity index (χ1v) is 9.11. The maximum atomic E-state index is 6.02. The highest BCUT2D eigenvalue weighted by molar-refractivity contribution is 4.76. The highest BCUT2D eigenvalue weighted by Gasteiger charge is 2.25. The summed E-state index contributed by atoms with van der Waals surface area (Å²) in [4.78, 5) is 0. The molecule has 20 heavy (non-hydrogen) atoms. The van der Waals surface area contributed by atoms with Crippen LogP contribution in [0.1, 0.15) is 84.0 Å². The van der Waals surface area contributed by atoms with Crippen LogP contribution in [-0.4, -0.2) is 25.4 Å². The van der Waals surface area contributed by atoms with E-state index in [1.165, 1.54) is 77.0 Å². The van der Waals surface area contributed by atoms with Gasteiger partial charge in [0.15, 0.2) is 0 Å². The Morgan fingerprint density at radius 2 is 1.60 bits per heavy atom. The molecule has 0 saturated heterocycles. The van der Waals surface area contributed by atoms with Crippen molar-refractivity contribution < 1.29 is 9.47 Å². The van der Waals surface area contributed by atoms with Gasteiger partial charge in [0.25, 0.3) is 0 Å². The van der Waals surface area contributed by atoms with Crippen LogP contribution >= 0.6 is 0 Å². The van der Waals surface area contributed by atoms with E-state index in [1.807, 2.05) is 0 Å². The minimum absolute atomic E-state index is 0.549. The van der Waals surface area contributed by atoms with Crippen LogP contribution in [0.3, 0.4) is 0 Å². The van der Waals surface area contributed by atoms with E-state index in [2.05, 4.69) is 6.92 Å². The average Bonchev–Trinajstić information content (AvgIpc) is 3.11. The molecule has 0 heterocycles. The lowest BCUT2D eigenvalue weighted by molar-refractivity contribution is 0.0400. The van der Waals surface area contributed by atoms with Gasteiger partial charge in [-0.25, -0.2) is 0 Å². The Hall–Kier alpha value is -0.0800. The van der Waals surface area contributed by atoms with Crippen molar-refractivity contribution in [3.05, 3.63) is 0 Å². The van der Waals surface area contributed by atoms with E-state index in [9.17, 15) is 0 Å². The Balaban J connectivity index is 1.45. The minimum atomic E-state index is 0.549. The summed E-state index contributed by atoms with van der Waals surface area (Å²) in [6.07, 6.45) is 16.9. The fourth-order valence-electron chi connectivity index (χ4n) is 3.68. The Morgan fingerprint density at radius 1 is 0.800 bits per heavy atom. The molecular formula is C18H34O2. The molecule has 0 spiro atoms. The van der Waals surface area contributed by atoms with Crippen molar-refractivity contribution in [2.24, 2.45) is 5.92 Å². The topological polar surface area (TPSA) is 18.5 Å². The van der Waals surface area contributed by atoms with E-state index < -0.39 is 0 Å². The van der Waals surface area contributed by atoms with Crippen molar-refractivity contribution in [3.63, 3.8) is 0 Å². The van der Waals surface area contributed by atoms with Gasteiger partial charge in [-0.05, 0) is 50.9 Å². The van der Waals surface area contributed by atoms with Gasteiger partial charge in [-0.2, -0.15) is 0 Å². The average molecular weight is 282 g/mol. The van der Waals surface area contributed by atoms with Crippen LogP contribution in [-0.2, 0) is 9.47 Å². The van der Waals surface area contributed by atoms with Crippen LogP contribution in [0.25, 0.3) is 0 Å². The molecule has 0 radical (unpaired) electrons. The lowest BCUT2D eigenvalue weighted by atomic mass is 10.0. The summed E-state index contributed by atoms with van der Waals surface area (Å²) in [5, 5.41) is 0. The third-order valence-corrected chi connectivity index (χ3v) is 5.03. The normalized spacial score (nSPS) is 27.4. The smallest absolute Gasteiger partial charge is 0.0577 e. The fraction of sp³-hybridized carbons (Fsp3) is 1.00. The number of unbranched alkanes of at least 4 members (excludes halogenated alkanes) is 3. The summed E-state index contributed by atoms with van der Waals surface area (Å²) in [7, 11) is 0. The molecule has 2 aliphatic carbocycles. The van der Waals surface area contributed by atoms with Crippen LogP contribution in [0.2, 0.25) is 0 Å². The van der Waals surface area contributed by atoms with Crippen molar-refractivity contribution in [2.75, 3.05) is 13.2 Å². The fourth-order valence-corrected chi connectivity index (χ4v) is 3.68. The molecule has 2 nitrogen and oxygen atoms in total. The maximum Gasteiger partial charge on any atom is 0.0577 e. The summed E-state index contributed by atoms with van der Waals surface area (Å²) < 4.78 is 12.0. The number of rotatable bonds is 10. The molecule has 2 fully saturated rings. The van der Waals surface area contributed by atoms with E-state index in [1.54, 1.807) is 0 Å². The van der Waals surface area contributed by atoms with Crippen molar-refractivity contribution in [2.45, 2.75) is 96.2 Å². The zero-order chi connectivity index (χ0) is 14.0. The molecule has 2 rings (SSSR count). The molecule has 0 aromatic rings. The first-order valence-electron chi connectivity index (χ1n) is 9.11. The molecule has 2 heteroatoms. The predicted molar refractivity (Wildman–Crippen MR) is 84.0 cm³/mol. The van der Waals surface area contributed by atoms with Crippen molar-refractivity contribution in [3.8, 4) is 0 Å². The molecule has 2 saturated carbocycles. The molecule has 118 valence electrons. The highest BCUT2D eigenvalue weighted by Crippen LogP contribution is 2.31. The van der Waals surface area contributed by atoms with Crippen LogP contribution in [0, 0.1) is 5.92 Å². The van der Waals surface area contributed by atoms with Gasteiger partial charge < -0.3 is 9.47 Å². The van der Waals surface area contributed by atoms with Crippen LogP contribution < -0.4 is 0 Å². The van der Waals surface area contributed by atoms with Crippen molar-refractivity contribution >= 4 is 0 Å². The van der Waals surface area contributed by atoms with E-state index >= 15 is 0 Å². The monoisotopic (exact) mass is 282 g/mol. The molecule has 2 atom stereocenters. The van der Waals surface area contributed by atoms with Gasteiger partial charge in [-0.3, -0.25) is 0 Å². The highest BCUT2D eigenvalue weighted by atomic mass is 16.5. The van der Waals surface area contributed by atoms with Gasteiger partial charge in [0.05, 0.1) is 12.2 Å². The lowest BCUT2D eigenvalue weighted by Gasteiger charge is -2.15. The maximum absolute atomic E-state index is 6.02. The Labute approximate surface area is 125 Å². The molecule has 2 unspecified atom stereocenters. The molecule has 0 N–H and O–H groups in total. The second kappa shape index (κ2) is 9.78. The number of ether oxygens (including phenoxy) is 2. The third-order valence-electron chi connectivity index (χ3n) is 5.03. The first-order chi connectivity index (χ1) is 9.88. The van der Waals surface area contributed by atoms with Gasteiger partial charge in [-0.15, -0.1) is 0 Å². The second-order valence-corrected chi connectivity index (χ2v) is 6.80. The molecule has 0 aliphatic heterocycles. The quantitative estimate of drug-likeness (QED) is 0.519. The predicted octanol–water partition coefficient (Wildman–Crippen LogP) is 5.10. The van der Waals surface area contributed by atoms with Crippen LogP contribution in [0.15, 0.2) is 0 Å². The molecule has 2 aliphatic rings. The summed E-state index contributed by atoms with van der Waals surface area (Å²) in [5.74, 6) is 0.858. The van der Waals surface area contributed by atoms with Crippen LogP contribution in [0.4, 0.5) is 0 Å². The standard InChI is InChI=1S/C18H34O2/c1-2-3-4-7-13-19-18-11-10-16(15-18)12-14-20-17-8-5-6-9-17/h16-18H,2-15H2,1H3. The molecule has 0 aromatic heterocycles. The zero-order valence-corrected chi connectivity index (χ0v) is 13.4. The van der Waals surface area contributed by atoms with Gasteiger partial charge in [0, 0.05) is 13.2 Å². The molecule has 0 aromatic carbocycles. The van der Waals surface area contributed by atoms with Crippen molar-refractivity contribution in [1.82, 2.24) is 0 Å². The van der Waals surface area contributed by atoms with Gasteiger partial charge in [-0.1, -0.05) is 39.0 Å². The Bertz CT molecular complexity index is 236. The second-order valence-electron chi connectivity index (χ2n) is 6.80. The molecular weight excluding hydrogens is 248 g/mol. The Kier molecular flexibility index (Phi) is 7.97. The summed E-state index contributed by atoms with van der Waals surface area (Å²) in [6, 6.07) is 0. The first kappa shape index (κ1) is 16.3. The van der Waals surface area contributed by atoms with E-state index in [0.29, 0.717) is 12.2 Å². The Morgan fingerprint density at radius 3 is 2.40 bits per heavy atom. The number of hydrogen-bond donors (Lipinski definition) is 0. The summed E-state index contributed by atoms with van der Waals surface area (Å²) in [5.41, 5.74) is 0. The SMILES string of the molecule is CCCCCCOC1CCC(CCOC2CCCC2)C1. The van der Waals surface area contributed by atoms with E-state index in [-0.39, 0.29) is 0 Å². The number of hydrogen-bond acceptors (Lipinski definition) is 2.